The molecule has 0 aliphatic carbocycles. The third kappa shape index (κ3) is 5.52. The second kappa shape index (κ2) is 9.63. The van der Waals surface area contributed by atoms with E-state index in [1.54, 1.807) is 37.5 Å². The molecule has 0 radical (unpaired) electrons. The molecule has 1 aromatic carbocycles. The third-order valence-corrected chi connectivity index (χ3v) is 7.22. The van der Waals surface area contributed by atoms with Crippen molar-refractivity contribution in [1.82, 2.24) is 14.5 Å². The number of nitrogens with one attached hydrogen (secondary N) is 2. The van der Waals surface area contributed by atoms with Gasteiger partial charge in [0.1, 0.15) is 5.76 Å². The highest BCUT2D eigenvalue weighted by Crippen LogP contribution is 2.23. The smallest absolute Gasteiger partial charge is 0.242 e. The topological polar surface area (TPSA) is 112 Å². The van der Waals surface area contributed by atoms with Crippen LogP contribution in [-0.2, 0) is 26.2 Å². The Kier molecular flexibility index (Phi) is 7.14. The molecule has 1 saturated heterocycles. The maximum absolute atomic E-state index is 12.6. The summed E-state index contributed by atoms with van der Waals surface area (Å²) >= 11 is 0. The number of rotatable bonds is 8. The Morgan fingerprint density at radius 2 is 2.03 bits per heavy atom. The van der Waals surface area contributed by atoms with Crippen molar-refractivity contribution in [3.63, 3.8) is 0 Å². The Morgan fingerprint density at radius 1 is 1.26 bits per heavy atom. The largest absolute Gasteiger partial charge is 0.467 e. The fourth-order valence-electron chi connectivity index (χ4n) is 3.55. The average molecular weight is 449 g/mol. The first kappa shape index (κ1) is 23.0. The molecule has 0 bridgehead atoms. The Bertz CT molecular complexity index is 1030. The highest BCUT2D eigenvalue weighted by Gasteiger charge is 2.32. The molecule has 2 amide bonds. The zero-order chi connectivity index (χ0) is 22.6. The first-order valence-corrected chi connectivity index (χ1v) is 11.5. The van der Waals surface area contributed by atoms with Crippen LogP contribution >= 0.6 is 0 Å². The van der Waals surface area contributed by atoms with Crippen LogP contribution in [0.15, 0.2) is 45.9 Å². The van der Waals surface area contributed by atoms with E-state index in [-0.39, 0.29) is 29.3 Å². The molecule has 1 atom stereocenters. The van der Waals surface area contributed by atoms with Crippen molar-refractivity contribution < 1.29 is 22.4 Å². The number of nitrogens with zero attached hydrogens (tertiary/aromatic N) is 2. The molecule has 2 aromatic rings. The zero-order valence-electron chi connectivity index (χ0n) is 17.9. The molecule has 31 heavy (non-hydrogen) atoms. The zero-order valence-corrected chi connectivity index (χ0v) is 18.7. The van der Waals surface area contributed by atoms with Gasteiger partial charge in [-0.25, -0.2) is 12.7 Å². The van der Waals surface area contributed by atoms with E-state index in [0.717, 1.165) is 10.7 Å². The lowest BCUT2D eigenvalue weighted by molar-refractivity contribution is -0.126. The van der Waals surface area contributed by atoms with Crippen LogP contribution in [0.25, 0.3) is 0 Å². The Labute approximate surface area is 182 Å². The van der Waals surface area contributed by atoms with Crippen LogP contribution in [0.5, 0.6) is 0 Å². The van der Waals surface area contributed by atoms with E-state index in [1.807, 2.05) is 4.90 Å². The highest BCUT2D eigenvalue weighted by molar-refractivity contribution is 7.89. The minimum atomic E-state index is -3.62. The van der Waals surface area contributed by atoms with Crippen molar-refractivity contribution in [2.24, 2.45) is 0 Å². The molecule has 0 saturated carbocycles. The number of amides is 2. The number of hydrogen-bond donors (Lipinski definition) is 2. The van der Waals surface area contributed by atoms with Gasteiger partial charge in [-0.3, -0.25) is 14.5 Å². The molecule has 2 N–H and O–H groups in total. The minimum absolute atomic E-state index is 0.0441. The van der Waals surface area contributed by atoms with Gasteiger partial charge in [-0.05, 0) is 56.1 Å². The van der Waals surface area contributed by atoms with Gasteiger partial charge in [0.15, 0.2) is 0 Å². The first-order chi connectivity index (χ1) is 14.7. The molecule has 2 heterocycles. The van der Waals surface area contributed by atoms with Crippen molar-refractivity contribution in [1.29, 1.82) is 0 Å². The van der Waals surface area contributed by atoms with Crippen LogP contribution in [0.1, 0.15) is 24.2 Å². The van der Waals surface area contributed by atoms with Crippen molar-refractivity contribution >= 4 is 27.5 Å². The number of furan rings is 1. The van der Waals surface area contributed by atoms with Gasteiger partial charge in [0.2, 0.25) is 21.8 Å². The molecule has 10 heteroatoms. The minimum Gasteiger partial charge on any atom is -0.467 e. The lowest BCUT2D eigenvalue weighted by Crippen LogP contribution is -2.45. The van der Waals surface area contributed by atoms with Crippen LogP contribution in [0.4, 0.5) is 5.69 Å². The standard InChI is InChI=1S/C21H28N4O5S/c1-15-8-9-16(12-19(15)31(28,29)24(2)3)23-20(26)14-25-10-4-7-18(25)21(27)22-13-17-6-5-11-30-17/h5-6,8-9,11-12,18H,4,7,10,13-14H2,1-3H3,(H,22,27)(H,23,26). The van der Waals surface area contributed by atoms with Gasteiger partial charge in [0.05, 0.1) is 30.3 Å². The number of benzene rings is 1. The Hall–Kier alpha value is -2.69. The first-order valence-electron chi connectivity index (χ1n) is 10.1. The molecule has 168 valence electrons. The summed E-state index contributed by atoms with van der Waals surface area (Å²) in [7, 11) is -0.697. The van der Waals surface area contributed by atoms with Gasteiger partial charge in [-0.2, -0.15) is 0 Å². The SMILES string of the molecule is Cc1ccc(NC(=O)CN2CCCC2C(=O)NCc2ccco2)cc1S(=O)(=O)N(C)C. The van der Waals surface area contributed by atoms with Crippen molar-refractivity contribution in [2.75, 3.05) is 32.5 Å². The van der Waals surface area contributed by atoms with Crippen LogP contribution in [0.2, 0.25) is 0 Å². The Balaban J connectivity index is 1.61. The van der Waals surface area contributed by atoms with E-state index in [9.17, 15) is 18.0 Å². The number of hydrogen-bond acceptors (Lipinski definition) is 6. The van der Waals surface area contributed by atoms with Gasteiger partial charge >= 0.3 is 0 Å². The van der Waals surface area contributed by atoms with Crippen molar-refractivity contribution in [2.45, 2.75) is 37.2 Å². The van der Waals surface area contributed by atoms with Crippen molar-refractivity contribution in [3.8, 4) is 0 Å². The summed E-state index contributed by atoms with van der Waals surface area (Å²) in [6, 6.07) is 7.94. The summed E-state index contributed by atoms with van der Waals surface area (Å²) in [5, 5.41) is 5.59. The molecule has 9 nitrogen and oxygen atoms in total. The molecule has 1 unspecified atom stereocenters. The second-order valence-corrected chi connectivity index (χ2v) is 9.86. The molecule has 1 aliphatic rings. The van der Waals surface area contributed by atoms with Crippen LogP contribution < -0.4 is 10.6 Å². The van der Waals surface area contributed by atoms with Gasteiger partial charge < -0.3 is 15.1 Å². The highest BCUT2D eigenvalue weighted by atomic mass is 32.2. The summed E-state index contributed by atoms with van der Waals surface area (Å²) in [4.78, 5) is 27.1. The molecular weight excluding hydrogens is 420 g/mol. The third-order valence-electron chi connectivity index (χ3n) is 5.26. The molecule has 3 rings (SSSR count). The number of aryl methyl sites for hydroxylation is 1. The number of carbonyl (C=O) groups excluding carboxylic acids is 2. The lowest BCUT2D eigenvalue weighted by atomic mass is 10.2. The lowest BCUT2D eigenvalue weighted by Gasteiger charge is -2.23. The molecule has 1 aromatic heterocycles. The van der Waals surface area contributed by atoms with E-state index in [0.29, 0.717) is 36.5 Å². The van der Waals surface area contributed by atoms with Gasteiger partial charge in [-0.15, -0.1) is 0 Å². The van der Waals surface area contributed by atoms with Gasteiger partial charge in [0, 0.05) is 19.8 Å². The second-order valence-electron chi connectivity index (χ2n) is 7.74. The van der Waals surface area contributed by atoms with E-state index in [1.165, 1.54) is 20.2 Å². The molecule has 0 spiro atoms. The molecule has 1 fully saturated rings. The maximum atomic E-state index is 12.6. The number of likely N-dealkylation sites (tertiary alicyclic amines) is 1. The van der Waals surface area contributed by atoms with E-state index >= 15 is 0 Å². The summed E-state index contributed by atoms with van der Waals surface area (Å²) in [6.07, 6.45) is 3.04. The van der Waals surface area contributed by atoms with Gasteiger partial charge in [-0.1, -0.05) is 6.07 Å². The van der Waals surface area contributed by atoms with E-state index in [4.69, 9.17) is 4.42 Å². The fraction of sp³-hybridized carbons (Fsp3) is 0.429. The van der Waals surface area contributed by atoms with Crippen molar-refractivity contribution in [3.05, 3.63) is 47.9 Å². The molecular formula is C21H28N4O5S. The normalized spacial score (nSPS) is 17.1. The summed E-state index contributed by atoms with van der Waals surface area (Å²) in [6.45, 7) is 2.69. The number of sulfonamides is 1. The maximum Gasteiger partial charge on any atom is 0.242 e. The number of carbonyl (C=O) groups is 2. The van der Waals surface area contributed by atoms with Crippen LogP contribution in [0.3, 0.4) is 0 Å². The fourth-order valence-corrected chi connectivity index (χ4v) is 4.70. The van der Waals surface area contributed by atoms with Crippen LogP contribution in [-0.4, -0.2) is 62.7 Å². The summed E-state index contributed by atoms with van der Waals surface area (Å²) < 4.78 is 31.3. The summed E-state index contributed by atoms with van der Waals surface area (Å²) in [5.41, 5.74) is 0.994. The predicted molar refractivity (Wildman–Crippen MR) is 116 cm³/mol. The summed E-state index contributed by atoms with van der Waals surface area (Å²) in [5.74, 6) is 0.220. The monoisotopic (exact) mass is 448 g/mol. The predicted octanol–water partition coefficient (Wildman–Crippen LogP) is 1.56. The molecule has 1 aliphatic heterocycles. The Morgan fingerprint density at radius 3 is 2.71 bits per heavy atom. The van der Waals surface area contributed by atoms with Crippen LogP contribution in [0, 0.1) is 6.92 Å². The van der Waals surface area contributed by atoms with E-state index < -0.39 is 10.0 Å². The quantitative estimate of drug-likeness (QED) is 0.634. The number of anilines is 1. The van der Waals surface area contributed by atoms with Gasteiger partial charge in [0.25, 0.3) is 0 Å². The average Bonchev–Trinajstić information content (AvgIpc) is 3.39. The van der Waals surface area contributed by atoms with E-state index in [2.05, 4.69) is 10.6 Å².